The number of ether oxygens (including phenoxy) is 1. The maximum absolute atomic E-state index is 12.5. The first kappa shape index (κ1) is 17.5. The molecule has 0 spiro atoms. The van der Waals surface area contributed by atoms with Crippen LogP contribution in [0.25, 0.3) is 0 Å². The standard InChI is InChI=1S/C18H23NO3S/c1-15(2)16-9-11-18(12-10-16)23(20,21)19(3)13-14-22-17-7-5-4-6-8-17/h4-12,15H,13-14H2,1-3H3. The van der Waals surface area contributed by atoms with Crippen molar-refractivity contribution >= 4 is 10.0 Å². The monoisotopic (exact) mass is 333 g/mol. The minimum Gasteiger partial charge on any atom is -0.492 e. The predicted octanol–water partition coefficient (Wildman–Crippen LogP) is 3.51. The van der Waals surface area contributed by atoms with Gasteiger partial charge in [0.05, 0.1) is 4.90 Å². The Hall–Kier alpha value is -1.85. The second-order valence-electron chi connectivity index (χ2n) is 5.71. The lowest BCUT2D eigenvalue weighted by atomic mass is 10.0. The van der Waals surface area contributed by atoms with E-state index in [1.165, 1.54) is 4.31 Å². The van der Waals surface area contributed by atoms with Gasteiger partial charge in [-0.3, -0.25) is 0 Å². The molecule has 2 aromatic carbocycles. The molecule has 0 saturated heterocycles. The highest BCUT2D eigenvalue weighted by molar-refractivity contribution is 7.89. The number of benzene rings is 2. The summed E-state index contributed by atoms with van der Waals surface area (Å²) in [5, 5.41) is 0. The summed E-state index contributed by atoms with van der Waals surface area (Å²) in [7, 11) is -1.91. The first-order chi connectivity index (χ1) is 10.9. The molecule has 124 valence electrons. The number of sulfonamides is 1. The van der Waals surface area contributed by atoms with Crippen LogP contribution >= 0.6 is 0 Å². The summed E-state index contributed by atoms with van der Waals surface area (Å²) in [6.45, 7) is 4.76. The first-order valence-electron chi connectivity index (χ1n) is 7.65. The summed E-state index contributed by atoms with van der Waals surface area (Å²) in [5.74, 6) is 1.11. The van der Waals surface area contributed by atoms with E-state index in [0.29, 0.717) is 24.0 Å². The van der Waals surface area contributed by atoms with E-state index in [1.54, 1.807) is 19.2 Å². The zero-order valence-corrected chi connectivity index (χ0v) is 14.6. The van der Waals surface area contributed by atoms with Gasteiger partial charge in [0, 0.05) is 13.6 Å². The Balaban J connectivity index is 1.98. The van der Waals surface area contributed by atoms with Gasteiger partial charge in [-0.1, -0.05) is 44.2 Å². The molecule has 2 rings (SSSR count). The summed E-state index contributed by atoms with van der Waals surface area (Å²) in [6, 6.07) is 16.4. The van der Waals surface area contributed by atoms with Crippen molar-refractivity contribution in [1.29, 1.82) is 0 Å². The van der Waals surface area contributed by atoms with Crippen LogP contribution < -0.4 is 4.74 Å². The number of hydrogen-bond donors (Lipinski definition) is 0. The van der Waals surface area contributed by atoms with Gasteiger partial charge >= 0.3 is 0 Å². The minimum absolute atomic E-state index is 0.295. The predicted molar refractivity (Wildman–Crippen MR) is 92.3 cm³/mol. The van der Waals surface area contributed by atoms with Crippen molar-refractivity contribution in [2.45, 2.75) is 24.7 Å². The van der Waals surface area contributed by atoms with Gasteiger partial charge in [-0.2, -0.15) is 4.31 Å². The van der Waals surface area contributed by atoms with E-state index in [1.807, 2.05) is 42.5 Å². The molecule has 0 saturated carbocycles. The largest absolute Gasteiger partial charge is 0.492 e. The van der Waals surface area contributed by atoms with Crippen LogP contribution in [0.5, 0.6) is 5.75 Å². The Morgan fingerprint density at radius 1 is 1.00 bits per heavy atom. The molecule has 2 aromatic rings. The van der Waals surface area contributed by atoms with Gasteiger partial charge in [-0.15, -0.1) is 0 Å². The fourth-order valence-electron chi connectivity index (χ4n) is 2.13. The van der Waals surface area contributed by atoms with Crippen LogP contribution in [0.2, 0.25) is 0 Å². The van der Waals surface area contributed by atoms with Gasteiger partial charge in [0.1, 0.15) is 12.4 Å². The average Bonchev–Trinajstić information content (AvgIpc) is 2.55. The summed E-state index contributed by atoms with van der Waals surface area (Å²) in [6.07, 6.45) is 0. The second kappa shape index (κ2) is 7.62. The van der Waals surface area contributed by atoms with Crippen LogP contribution in [0, 0.1) is 0 Å². The molecule has 0 aliphatic heterocycles. The zero-order chi connectivity index (χ0) is 16.9. The molecule has 0 atom stereocenters. The number of likely N-dealkylation sites (N-methyl/N-ethyl adjacent to an activating group) is 1. The van der Waals surface area contributed by atoms with Crippen LogP contribution in [0.3, 0.4) is 0 Å². The normalized spacial score (nSPS) is 11.9. The van der Waals surface area contributed by atoms with Gasteiger partial charge in [-0.05, 0) is 35.7 Å². The van der Waals surface area contributed by atoms with Crippen molar-refractivity contribution < 1.29 is 13.2 Å². The Morgan fingerprint density at radius 3 is 2.17 bits per heavy atom. The number of nitrogens with zero attached hydrogens (tertiary/aromatic N) is 1. The fraction of sp³-hybridized carbons (Fsp3) is 0.333. The molecular weight excluding hydrogens is 310 g/mol. The van der Waals surface area contributed by atoms with Crippen LogP contribution in [-0.4, -0.2) is 32.9 Å². The van der Waals surface area contributed by atoms with Crippen LogP contribution in [0.15, 0.2) is 59.5 Å². The second-order valence-corrected chi connectivity index (χ2v) is 7.76. The lowest BCUT2D eigenvalue weighted by Gasteiger charge is -2.18. The summed E-state index contributed by atoms with van der Waals surface area (Å²) < 4.78 is 31.9. The summed E-state index contributed by atoms with van der Waals surface area (Å²) >= 11 is 0. The van der Waals surface area contributed by atoms with Gasteiger partial charge < -0.3 is 4.74 Å². The zero-order valence-electron chi connectivity index (χ0n) is 13.8. The van der Waals surface area contributed by atoms with Gasteiger partial charge in [-0.25, -0.2) is 8.42 Å². The average molecular weight is 333 g/mol. The Morgan fingerprint density at radius 2 is 1.61 bits per heavy atom. The van der Waals surface area contributed by atoms with Gasteiger partial charge in [0.2, 0.25) is 10.0 Å². The maximum Gasteiger partial charge on any atom is 0.242 e. The van der Waals surface area contributed by atoms with Crippen molar-refractivity contribution in [2.24, 2.45) is 0 Å². The van der Waals surface area contributed by atoms with Crippen LogP contribution in [0.4, 0.5) is 0 Å². The quantitative estimate of drug-likeness (QED) is 0.779. The molecule has 5 heteroatoms. The van der Waals surface area contributed by atoms with E-state index >= 15 is 0 Å². The third kappa shape index (κ3) is 4.56. The van der Waals surface area contributed by atoms with E-state index in [0.717, 1.165) is 11.3 Å². The number of rotatable bonds is 7. The lowest BCUT2D eigenvalue weighted by molar-refractivity contribution is 0.287. The third-order valence-electron chi connectivity index (χ3n) is 3.67. The smallest absolute Gasteiger partial charge is 0.242 e. The Bertz CT molecular complexity index is 710. The van der Waals surface area contributed by atoms with E-state index in [9.17, 15) is 8.42 Å². The molecule has 0 fully saturated rings. The molecule has 0 heterocycles. The first-order valence-corrected chi connectivity index (χ1v) is 9.09. The highest BCUT2D eigenvalue weighted by Gasteiger charge is 2.20. The molecule has 0 amide bonds. The molecule has 0 aliphatic rings. The Kier molecular flexibility index (Phi) is 5.80. The van der Waals surface area contributed by atoms with Crippen molar-refractivity contribution in [3.63, 3.8) is 0 Å². The number of hydrogen-bond acceptors (Lipinski definition) is 3. The van der Waals surface area contributed by atoms with E-state index in [-0.39, 0.29) is 0 Å². The highest BCUT2D eigenvalue weighted by Crippen LogP contribution is 2.19. The Labute approximate surface area is 138 Å². The lowest BCUT2D eigenvalue weighted by Crippen LogP contribution is -2.31. The molecule has 4 nitrogen and oxygen atoms in total. The SMILES string of the molecule is CC(C)c1ccc(S(=O)(=O)N(C)CCOc2ccccc2)cc1. The van der Waals surface area contributed by atoms with E-state index in [4.69, 9.17) is 4.74 Å². The molecule has 0 unspecified atom stereocenters. The van der Waals surface area contributed by atoms with Crippen molar-refractivity contribution in [3.05, 3.63) is 60.2 Å². The topological polar surface area (TPSA) is 46.6 Å². The van der Waals surface area contributed by atoms with E-state index < -0.39 is 10.0 Å². The molecule has 0 bridgehead atoms. The minimum atomic E-state index is -3.48. The van der Waals surface area contributed by atoms with Crippen molar-refractivity contribution in [2.75, 3.05) is 20.2 Å². The molecule has 0 N–H and O–H groups in total. The maximum atomic E-state index is 12.5. The molecular formula is C18H23NO3S. The summed E-state index contributed by atoms with van der Waals surface area (Å²) in [4.78, 5) is 0.309. The van der Waals surface area contributed by atoms with Crippen LogP contribution in [0.1, 0.15) is 25.3 Å². The molecule has 0 radical (unpaired) electrons. The van der Waals surface area contributed by atoms with E-state index in [2.05, 4.69) is 13.8 Å². The molecule has 23 heavy (non-hydrogen) atoms. The fourth-order valence-corrected chi connectivity index (χ4v) is 3.29. The third-order valence-corrected chi connectivity index (χ3v) is 5.54. The van der Waals surface area contributed by atoms with Gasteiger partial charge in [0.25, 0.3) is 0 Å². The van der Waals surface area contributed by atoms with Crippen molar-refractivity contribution in [1.82, 2.24) is 4.31 Å². The highest BCUT2D eigenvalue weighted by atomic mass is 32.2. The van der Waals surface area contributed by atoms with Gasteiger partial charge in [0.15, 0.2) is 0 Å². The van der Waals surface area contributed by atoms with Crippen LogP contribution in [-0.2, 0) is 10.0 Å². The molecule has 0 aliphatic carbocycles. The number of para-hydroxylation sites is 1. The molecule has 0 aromatic heterocycles. The summed E-state index contributed by atoms with van der Waals surface area (Å²) in [5.41, 5.74) is 1.12. The van der Waals surface area contributed by atoms with Crippen molar-refractivity contribution in [3.8, 4) is 5.75 Å².